The highest BCUT2D eigenvalue weighted by Gasteiger charge is 2.40. The van der Waals surface area contributed by atoms with Gasteiger partial charge in [0.25, 0.3) is 0 Å². The summed E-state index contributed by atoms with van der Waals surface area (Å²) in [5.74, 6) is 1.36. The van der Waals surface area contributed by atoms with Gasteiger partial charge in [0.15, 0.2) is 0 Å². The third kappa shape index (κ3) is 7.37. The molecule has 3 saturated heterocycles. The highest BCUT2D eigenvalue weighted by Crippen LogP contribution is 2.37. The molecule has 214 valence electrons. The standard InChI is InChI=1S/C35H52N2O2/c1-27(26-34(2,3)4)36-21-16-29(17-22-36)7-6-28-8-10-30(11-9-28)31-12-14-32(15-13-31)33(38)37-23-19-35(20-24-37)18-5-25-39-35/h8-12,29,32H,1,5-7,13-26H2,2-4H3. The van der Waals surface area contributed by atoms with Crippen LogP contribution in [0, 0.1) is 17.3 Å². The van der Waals surface area contributed by atoms with Crippen molar-refractivity contribution >= 4 is 11.5 Å². The first-order chi connectivity index (χ1) is 18.7. The van der Waals surface area contributed by atoms with Crippen LogP contribution in [-0.2, 0) is 16.0 Å². The molecule has 39 heavy (non-hydrogen) atoms. The smallest absolute Gasteiger partial charge is 0.226 e. The molecule has 4 heteroatoms. The number of hydrogen-bond acceptors (Lipinski definition) is 3. The molecule has 1 unspecified atom stereocenters. The van der Waals surface area contributed by atoms with E-state index in [1.165, 1.54) is 74.0 Å². The Balaban J connectivity index is 1.04. The molecule has 5 rings (SSSR count). The highest BCUT2D eigenvalue weighted by molar-refractivity contribution is 5.81. The number of carbonyl (C=O) groups is 1. The zero-order valence-corrected chi connectivity index (χ0v) is 25.0. The molecule has 3 aliphatic heterocycles. The van der Waals surface area contributed by atoms with E-state index in [1.807, 2.05) is 0 Å². The van der Waals surface area contributed by atoms with Crippen LogP contribution < -0.4 is 0 Å². The number of aryl methyl sites for hydroxylation is 1. The zero-order valence-electron chi connectivity index (χ0n) is 25.0. The van der Waals surface area contributed by atoms with Crippen molar-refractivity contribution in [1.29, 1.82) is 0 Å². The lowest BCUT2D eigenvalue weighted by atomic mass is 9.84. The van der Waals surface area contributed by atoms with E-state index in [1.54, 1.807) is 0 Å². The molecular formula is C35H52N2O2. The third-order valence-corrected chi connectivity index (χ3v) is 9.89. The SMILES string of the molecule is C=C(CC(C)(C)C)N1CCC(CCc2ccc(C3=CCC(C(=O)N4CCC5(CCCO5)CC4)CC3)cc2)CC1. The first-order valence-electron chi connectivity index (χ1n) is 15.8. The summed E-state index contributed by atoms with van der Waals surface area (Å²) in [6.45, 7) is 16.3. The van der Waals surface area contributed by atoms with Crippen molar-refractivity contribution in [3.63, 3.8) is 0 Å². The Kier molecular flexibility index (Phi) is 8.91. The van der Waals surface area contributed by atoms with Crippen LogP contribution in [0.15, 0.2) is 42.6 Å². The fourth-order valence-electron chi connectivity index (χ4n) is 7.38. The van der Waals surface area contributed by atoms with Crippen LogP contribution in [0.1, 0.15) is 103 Å². The van der Waals surface area contributed by atoms with Crippen molar-refractivity contribution in [2.45, 2.75) is 103 Å². The van der Waals surface area contributed by atoms with Gasteiger partial charge in [-0.1, -0.05) is 57.7 Å². The second-order valence-electron chi connectivity index (χ2n) is 14.1. The number of nitrogens with zero attached hydrogens (tertiary/aromatic N) is 2. The summed E-state index contributed by atoms with van der Waals surface area (Å²) in [6, 6.07) is 9.30. The Bertz CT molecular complexity index is 1010. The minimum Gasteiger partial charge on any atom is -0.375 e. The summed E-state index contributed by atoms with van der Waals surface area (Å²) in [5, 5.41) is 0. The van der Waals surface area contributed by atoms with E-state index in [-0.39, 0.29) is 11.5 Å². The fraction of sp³-hybridized carbons (Fsp3) is 0.686. The van der Waals surface area contributed by atoms with E-state index in [0.29, 0.717) is 11.3 Å². The largest absolute Gasteiger partial charge is 0.375 e. The molecule has 0 bridgehead atoms. The molecule has 4 nitrogen and oxygen atoms in total. The monoisotopic (exact) mass is 532 g/mol. The Labute approximate surface area is 237 Å². The number of piperidine rings is 2. The van der Waals surface area contributed by atoms with Gasteiger partial charge in [-0.25, -0.2) is 0 Å². The van der Waals surface area contributed by atoms with E-state index in [4.69, 9.17) is 4.74 Å². The van der Waals surface area contributed by atoms with Gasteiger partial charge in [-0.3, -0.25) is 4.79 Å². The maximum Gasteiger partial charge on any atom is 0.226 e. The average molecular weight is 533 g/mol. The lowest BCUT2D eigenvalue weighted by Crippen LogP contribution is -2.48. The number of rotatable bonds is 7. The molecule has 1 aromatic carbocycles. The molecule has 0 saturated carbocycles. The number of carbonyl (C=O) groups excluding carboxylic acids is 1. The average Bonchev–Trinajstić information content (AvgIpc) is 3.39. The minimum atomic E-state index is 0.0850. The molecule has 1 aromatic rings. The van der Waals surface area contributed by atoms with E-state index < -0.39 is 0 Å². The number of ether oxygens (including phenoxy) is 1. The quantitative estimate of drug-likeness (QED) is 0.362. The van der Waals surface area contributed by atoms with Crippen LogP contribution in [0.4, 0.5) is 0 Å². The van der Waals surface area contributed by atoms with E-state index in [2.05, 4.69) is 67.5 Å². The van der Waals surface area contributed by atoms with Crippen LogP contribution >= 0.6 is 0 Å². The summed E-state index contributed by atoms with van der Waals surface area (Å²) in [4.78, 5) is 17.9. The van der Waals surface area contributed by atoms with Gasteiger partial charge in [0.1, 0.15) is 0 Å². The summed E-state index contributed by atoms with van der Waals surface area (Å²) in [5.41, 5.74) is 5.94. The second kappa shape index (κ2) is 12.2. The Morgan fingerprint density at radius 1 is 1.00 bits per heavy atom. The maximum atomic E-state index is 13.2. The second-order valence-corrected chi connectivity index (χ2v) is 14.1. The van der Waals surface area contributed by atoms with Crippen LogP contribution in [0.3, 0.4) is 0 Å². The fourth-order valence-corrected chi connectivity index (χ4v) is 7.38. The van der Waals surface area contributed by atoms with Gasteiger partial charge in [0.05, 0.1) is 5.60 Å². The lowest BCUT2D eigenvalue weighted by molar-refractivity contribution is -0.140. The van der Waals surface area contributed by atoms with E-state index in [0.717, 1.165) is 64.1 Å². The van der Waals surface area contributed by atoms with Gasteiger partial charge in [-0.2, -0.15) is 0 Å². The van der Waals surface area contributed by atoms with Gasteiger partial charge >= 0.3 is 0 Å². The molecule has 0 N–H and O–H groups in total. The zero-order chi connectivity index (χ0) is 27.5. The summed E-state index contributed by atoms with van der Waals surface area (Å²) >= 11 is 0. The summed E-state index contributed by atoms with van der Waals surface area (Å²) in [6.07, 6.45) is 15.7. The molecule has 1 aliphatic carbocycles. The lowest BCUT2D eigenvalue weighted by Gasteiger charge is -2.40. The van der Waals surface area contributed by atoms with E-state index >= 15 is 0 Å². The van der Waals surface area contributed by atoms with Crippen LogP contribution in [0.2, 0.25) is 0 Å². The van der Waals surface area contributed by atoms with Gasteiger partial charge in [-0.15, -0.1) is 0 Å². The van der Waals surface area contributed by atoms with Crippen molar-refractivity contribution in [3.05, 3.63) is 53.7 Å². The predicted octanol–water partition coefficient (Wildman–Crippen LogP) is 7.64. The van der Waals surface area contributed by atoms with Crippen LogP contribution in [0.25, 0.3) is 5.57 Å². The molecule has 1 spiro atoms. The molecule has 3 heterocycles. The van der Waals surface area contributed by atoms with Gasteiger partial charge in [0.2, 0.25) is 5.91 Å². The topological polar surface area (TPSA) is 32.8 Å². The Morgan fingerprint density at radius 2 is 1.72 bits per heavy atom. The summed E-state index contributed by atoms with van der Waals surface area (Å²) in [7, 11) is 0. The Hall–Kier alpha value is -2.07. The van der Waals surface area contributed by atoms with E-state index in [9.17, 15) is 4.79 Å². The van der Waals surface area contributed by atoms with Crippen LogP contribution in [-0.4, -0.2) is 54.1 Å². The number of amides is 1. The molecule has 1 atom stereocenters. The third-order valence-electron chi connectivity index (χ3n) is 9.89. The Morgan fingerprint density at radius 3 is 2.31 bits per heavy atom. The summed E-state index contributed by atoms with van der Waals surface area (Å²) < 4.78 is 6.05. The minimum absolute atomic E-state index is 0.0850. The normalized spacial score (nSPS) is 24.2. The first-order valence-corrected chi connectivity index (χ1v) is 15.8. The molecule has 4 aliphatic rings. The molecular weight excluding hydrogens is 480 g/mol. The van der Waals surface area contributed by atoms with Gasteiger partial charge in [0, 0.05) is 44.4 Å². The van der Waals surface area contributed by atoms with Crippen molar-refractivity contribution in [1.82, 2.24) is 9.80 Å². The van der Waals surface area contributed by atoms with Crippen molar-refractivity contribution in [3.8, 4) is 0 Å². The van der Waals surface area contributed by atoms with Crippen LogP contribution in [0.5, 0.6) is 0 Å². The van der Waals surface area contributed by atoms with Crippen molar-refractivity contribution < 1.29 is 9.53 Å². The maximum absolute atomic E-state index is 13.2. The van der Waals surface area contributed by atoms with Gasteiger partial charge < -0.3 is 14.5 Å². The van der Waals surface area contributed by atoms with Crippen molar-refractivity contribution in [2.24, 2.45) is 17.3 Å². The van der Waals surface area contributed by atoms with Gasteiger partial charge in [-0.05, 0) is 105 Å². The molecule has 0 aromatic heterocycles. The molecule has 3 fully saturated rings. The number of allylic oxidation sites excluding steroid dienone is 3. The molecule has 1 amide bonds. The molecule has 0 radical (unpaired) electrons. The number of hydrogen-bond donors (Lipinski definition) is 0. The highest BCUT2D eigenvalue weighted by atomic mass is 16.5. The van der Waals surface area contributed by atoms with Crippen molar-refractivity contribution in [2.75, 3.05) is 32.8 Å². The number of benzene rings is 1. The number of likely N-dealkylation sites (tertiary alicyclic amines) is 2. The first kappa shape index (κ1) is 28.5. The predicted molar refractivity (Wildman–Crippen MR) is 161 cm³/mol.